The Hall–Kier alpha value is -2.21. The van der Waals surface area contributed by atoms with Crippen LogP contribution in [0.15, 0.2) is 42.5 Å². The molecular formula is C24H29N3O2. The molecule has 0 radical (unpaired) electrons. The summed E-state index contributed by atoms with van der Waals surface area (Å²) >= 11 is 0. The van der Waals surface area contributed by atoms with E-state index in [0.717, 1.165) is 64.3 Å². The van der Waals surface area contributed by atoms with Gasteiger partial charge in [-0.2, -0.15) is 0 Å². The van der Waals surface area contributed by atoms with Crippen LogP contribution in [0.5, 0.6) is 0 Å². The molecule has 2 aromatic rings. The zero-order valence-corrected chi connectivity index (χ0v) is 16.9. The quantitative estimate of drug-likeness (QED) is 0.872. The molecule has 3 heterocycles. The minimum Gasteiger partial charge on any atom is -0.379 e. The van der Waals surface area contributed by atoms with Gasteiger partial charge in [0.2, 0.25) is 0 Å². The molecule has 1 fully saturated rings. The van der Waals surface area contributed by atoms with Crippen LogP contribution in [0.4, 0.5) is 0 Å². The summed E-state index contributed by atoms with van der Waals surface area (Å²) in [5, 5.41) is 3.42. The van der Waals surface area contributed by atoms with Gasteiger partial charge in [0.25, 0.3) is 5.91 Å². The first-order valence-electron chi connectivity index (χ1n) is 10.8. The van der Waals surface area contributed by atoms with Crippen LogP contribution >= 0.6 is 0 Å². The molecule has 1 atom stereocenters. The summed E-state index contributed by atoms with van der Waals surface area (Å²) in [6.07, 6.45) is 1.96. The lowest BCUT2D eigenvalue weighted by molar-refractivity contribution is 0.0193. The molecule has 3 aliphatic heterocycles. The number of hydrogen-bond acceptors (Lipinski definition) is 4. The first kappa shape index (κ1) is 18.8. The van der Waals surface area contributed by atoms with Crippen LogP contribution in [0.1, 0.15) is 32.6 Å². The van der Waals surface area contributed by atoms with Crippen LogP contribution < -0.4 is 5.32 Å². The fourth-order valence-corrected chi connectivity index (χ4v) is 4.85. The van der Waals surface area contributed by atoms with E-state index in [1.165, 1.54) is 22.3 Å². The van der Waals surface area contributed by atoms with E-state index in [-0.39, 0.29) is 11.9 Å². The predicted octanol–water partition coefficient (Wildman–Crippen LogP) is 2.23. The topological polar surface area (TPSA) is 44.8 Å². The third kappa shape index (κ3) is 3.95. The SMILES string of the molecule is O=C(c1ccc2c(c1)CNCC2)N1Cc2ccccc2C[C@H]1CN1CCOCC1. The molecule has 1 N–H and O–H groups in total. The lowest BCUT2D eigenvalue weighted by Gasteiger charge is -2.40. The van der Waals surface area contributed by atoms with Gasteiger partial charge < -0.3 is 15.0 Å². The first-order valence-corrected chi connectivity index (χ1v) is 10.8. The average molecular weight is 392 g/mol. The Morgan fingerprint density at radius 2 is 1.86 bits per heavy atom. The molecule has 1 amide bonds. The molecule has 5 rings (SSSR count). The molecule has 0 aliphatic carbocycles. The van der Waals surface area contributed by atoms with Crippen LogP contribution in [-0.4, -0.2) is 61.1 Å². The number of morpholine rings is 1. The number of carbonyl (C=O) groups excluding carboxylic acids is 1. The van der Waals surface area contributed by atoms with Crippen LogP contribution in [0.3, 0.4) is 0 Å². The Labute approximate surface area is 172 Å². The number of nitrogens with one attached hydrogen (secondary N) is 1. The third-order valence-corrected chi connectivity index (χ3v) is 6.53. The van der Waals surface area contributed by atoms with Gasteiger partial charge in [-0.15, -0.1) is 0 Å². The van der Waals surface area contributed by atoms with Crippen molar-refractivity contribution < 1.29 is 9.53 Å². The smallest absolute Gasteiger partial charge is 0.254 e. The van der Waals surface area contributed by atoms with Crippen molar-refractivity contribution >= 4 is 5.91 Å². The molecule has 0 spiro atoms. The average Bonchev–Trinajstić information content (AvgIpc) is 2.78. The summed E-state index contributed by atoms with van der Waals surface area (Å²) in [5.74, 6) is 0.158. The van der Waals surface area contributed by atoms with Crippen LogP contribution in [0.25, 0.3) is 0 Å². The van der Waals surface area contributed by atoms with Crippen molar-refractivity contribution in [1.29, 1.82) is 0 Å². The number of nitrogens with zero attached hydrogens (tertiary/aromatic N) is 2. The minimum absolute atomic E-state index is 0.158. The van der Waals surface area contributed by atoms with Gasteiger partial charge in [0.05, 0.1) is 13.2 Å². The van der Waals surface area contributed by atoms with E-state index >= 15 is 0 Å². The highest BCUT2D eigenvalue weighted by atomic mass is 16.5. The monoisotopic (exact) mass is 391 g/mol. The van der Waals surface area contributed by atoms with E-state index in [9.17, 15) is 4.79 Å². The van der Waals surface area contributed by atoms with Gasteiger partial charge in [0.1, 0.15) is 0 Å². The molecule has 0 saturated carbocycles. The highest BCUT2D eigenvalue weighted by molar-refractivity contribution is 5.95. The molecule has 2 aromatic carbocycles. The Kier molecular flexibility index (Phi) is 5.36. The van der Waals surface area contributed by atoms with Gasteiger partial charge in [-0.3, -0.25) is 9.69 Å². The lowest BCUT2D eigenvalue weighted by atomic mass is 9.92. The van der Waals surface area contributed by atoms with Crippen molar-refractivity contribution in [2.45, 2.75) is 32.0 Å². The maximum atomic E-state index is 13.6. The van der Waals surface area contributed by atoms with Crippen molar-refractivity contribution in [3.8, 4) is 0 Å². The molecular weight excluding hydrogens is 362 g/mol. The summed E-state index contributed by atoms with van der Waals surface area (Å²) in [5.41, 5.74) is 6.11. The number of benzene rings is 2. The molecule has 1 saturated heterocycles. The summed E-state index contributed by atoms with van der Waals surface area (Å²) in [6.45, 7) is 6.95. The van der Waals surface area contributed by atoms with Crippen molar-refractivity contribution in [1.82, 2.24) is 15.1 Å². The van der Waals surface area contributed by atoms with E-state index in [1.54, 1.807) is 0 Å². The Balaban J connectivity index is 1.42. The highest BCUT2D eigenvalue weighted by Gasteiger charge is 2.32. The zero-order chi connectivity index (χ0) is 19.6. The second-order valence-corrected chi connectivity index (χ2v) is 8.38. The molecule has 5 heteroatoms. The van der Waals surface area contributed by atoms with Gasteiger partial charge in [0.15, 0.2) is 0 Å². The number of fused-ring (bicyclic) bond motifs is 2. The van der Waals surface area contributed by atoms with Gasteiger partial charge in [-0.25, -0.2) is 0 Å². The fraction of sp³-hybridized carbons (Fsp3) is 0.458. The van der Waals surface area contributed by atoms with Crippen LogP contribution in [0, 0.1) is 0 Å². The Morgan fingerprint density at radius 1 is 1.03 bits per heavy atom. The summed E-state index contributed by atoms with van der Waals surface area (Å²) in [7, 11) is 0. The molecule has 3 aliphatic rings. The van der Waals surface area contributed by atoms with Crippen LogP contribution in [0.2, 0.25) is 0 Å². The van der Waals surface area contributed by atoms with Gasteiger partial charge >= 0.3 is 0 Å². The number of ether oxygens (including phenoxy) is 1. The van der Waals surface area contributed by atoms with Crippen LogP contribution in [-0.2, 0) is 30.7 Å². The number of hydrogen-bond donors (Lipinski definition) is 1. The first-order chi connectivity index (χ1) is 14.3. The second-order valence-electron chi connectivity index (χ2n) is 8.38. The highest BCUT2D eigenvalue weighted by Crippen LogP contribution is 2.27. The van der Waals surface area contributed by atoms with Crippen molar-refractivity contribution in [2.24, 2.45) is 0 Å². The second kappa shape index (κ2) is 8.27. The normalized spacial score (nSPS) is 22.1. The summed E-state index contributed by atoms with van der Waals surface area (Å²) in [6, 6.07) is 15.1. The zero-order valence-electron chi connectivity index (χ0n) is 16.9. The number of rotatable bonds is 3. The van der Waals surface area contributed by atoms with Gasteiger partial charge in [0, 0.05) is 44.3 Å². The Morgan fingerprint density at radius 3 is 2.72 bits per heavy atom. The largest absolute Gasteiger partial charge is 0.379 e. The molecule has 0 unspecified atom stereocenters. The van der Waals surface area contributed by atoms with E-state index in [0.29, 0.717) is 6.54 Å². The predicted molar refractivity (Wildman–Crippen MR) is 113 cm³/mol. The van der Waals surface area contributed by atoms with Gasteiger partial charge in [-0.1, -0.05) is 30.3 Å². The molecule has 0 bridgehead atoms. The van der Waals surface area contributed by atoms with E-state index < -0.39 is 0 Å². The van der Waals surface area contributed by atoms with Crippen molar-refractivity contribution in [2.75, 3.05) is 39.4 Å². The standard InChI is InChI=1S/C24H29N3O2/c28-24(20-6-5-18-7-8-25-15-22(18)13-20)27-16-21-4-2-1-3-19(21)14-23(27)17-26-9-11-29-12-10-26/h1-6,13,23,25H,7-12,14-17H2/t23-/m0/s1. The van der Waals surface area contributed by atoms with Crippen molar-refractivity contribution in [3.05, 3.63) is 70.3 Å². The van der Waals surface area contributed by atoms with Crippen molar-refractivity contribution in [3.63, 3.8) is 0 Å². The van der Waals surface area contributed by atoms with E-state index in [4.69, 9.17) is 4.74 Å². The molecule has 152 valence electrons. The molecule has 29 heavy (non-hydrogen) atoms. The van der Waals surface area contributed by atoms with E-state index in [2.05, 4.69) is 51.5 Å². The van der Waals surface area contributed by atoms with E-state index in [1.807, 2.05) is 6.07 Å². The maximum Gasteiger partial charge on any atom is 0.254 e. The summed E-state index contributed by atoms with van der Waals surface area (Å²) in [4.78, 5) is 18.2. The summed E-state index contributed by atoms with van der Waals surface area (Å²) < 4.78 is 5.51. The molecule has 5 nitrogen and oxygen atoms in total. The third-order valence-electron chi connectivity index (χ3n) is 6.53. The maximum absolute atomic E-state index is 13.6. The van der Waals surface area contributed by atoms with Gasteiger partial charge in [-0.05, 0) is 53.8 Å². The Bertz CT molecular complexity index is 891. The fourth-order valence-electron chi connectivity index (χ4n) is 4.85. The lowest BCUT2D eigenvalue weighted by Crippen LogP contribution is -2.52. The number of carbonyl (C=O) groups is 1. The minimum atomic E-state index is 0.158. The number of amides is 1. The molecule has 0 aromatic heterocycles.